The lowest BCUT2D eigenvalue weighted by atomic mass is 10.1. The number of methoxy groups -OCH3 is 1. The maximum Gasteiger partial charge on any atom is 0.356 e. The summed E-state index contributed by atoms with van der Waals surface area (Å²) in [7, 11) is 3.19. The van der Waals surface area contributed by atoms with E-state index in [9.17, 15) is 4.79 Å². The van der Waals surface area contributed by atoms with Crippen LogP contribution in [0.4, 0.5) is 0 Å². The summed E-state index contributed by atoms with van der Waals surface area (Å²) in [5, 5.41) is 4.97. The van der Waals surface area contributed by atoms with E-state index >= 15 is 0 Å². The second-order valence-corrected chi connectivity index (χ2v) is 4.38. The van der Waals surface area contributed by atoms with Crippen molar-refractivity contribution in [1.82, 2.24) is 19.7 Å². The lowest BCUT2D eigenvalue weighted by Crippen LogP contribution is -2.03. The molecule has 0 saturated carbocycles. The van der Waals surface area contributed by atoms with Crippen molar-refractivity contribution in [2.24, 2.45) is 7.05 Å². The molecule has 3 heterocycles. The zero-order valence-corrected chi connectivity index (χ0v) is 11.1. The Morgan fingerprint density at radius 3 is 2.70 bits per heavy atom. The molecule has 0 spiro atoms. The third-order valence-electron chi connectivity index (χ3n) is 3.00. The molecular weight excluding hydrogens is 256 g/mol. The molecule has 100 valence electrons. The number of hydrogen-bond donors (Lipinski definition) is 0. The van der Waals surface area contributed by atoms with Gasteiger partial charge in [0, 0.05) is 36.0 Å². The minimum atomic E-state index is -0.460. The fraction of sp³-hybridized carbons (Fsp3) is 0.143. The summed E-state index contributed by atoms with van der Waals surface area (Å²) in [6.07, 6.45) is 7.00. The van der Waals surface area contributed by atoms with Crippen molar-refractivity contribution in [3.05, 3.63) is 42.6 Å². The average Bonchev–Trinajstić information content (AvgIpc) is 2.92. The Labute approximate surface area is 115 Å². The van der Waals surface area contributed by atoms with Gasteiger partial charge in [0.2, 0.25) is 0 Å². The van der Waals surface area contributed by atoms with Crippen molar-refractivity contribution >= 4 is 16.9 Å². The maximum atomic E-state index is 11.5. The molecule has 0 amide bonds. The van der Waals surface area contributed by atoms with E-state index < -0.39 is 5.97 Å². The quantitative estimate of drug-likeness (QED) is 0.663. The molecule has 20 heavy (non-hydrogen) atoms. The lowest BCUT2D eigenvalue weighted by molar-refractivity contribution is 0.0594. The first-order chi connectivity index (χ1) is 9.67. The third kappa shape index (κ3) is 2.11. The van der Waals surface area contributed by atoms with Crippen molar-refractivity contribution in [2.75, 3.05) is 7.11 Å². The topological polar surface area (TPSA) is 69.9 Å². The van der Waals surface area contributed by atoms with Crippen LogP contribution in [0.2, 0.25) is 0 Å². The van der Waals surface area contributed by atoms with E-state index in [1.165, 1.54) is 7.11 Å². The molecule has 3 rings (SSSR count). The number of rotatable bonds is 2. The van der Waals surface area contributed by atoms with Crippen LogP contribution < -0.4 is 0 Å². The number of hydrogen-bond acceptors (Lipinski definition) is 5. The first-order valence-electron chi connectivity index (χ1n) is 6.00. The molecule has 0 aromatic carbocycles. The van der Waals surface area contributed by atoms with Crippen LogP contribution in [0.1, 0.15) is 10.5 Å². The second-order valence-electron chi connectivity index (χ2n) is 4.38. The molecule has 0 atom stereocenters. The van der Waals surface area contributed by atoms with Gasteiger partial charge in [-0.15, -0.1) is 0 Å². The SMILES string of the molecule is COC(=O)c1cc2cc(-c3cnn(C)c3)cnc2cn1. The standard InChI is InChI=1S/C14H12N4O2/c1-18-8-11(6-17-18)10-3-9-4-12(14(19)20-2)16-7-13(9)15-5-10/h3-8H,1-2H3. The number of carbonyl (C=O) groups is 1. The van der Waals surface area contributed by atoms with E-state index in [-0.39, 0.29) is 5.69 Å². The summed E-state index contributed by atoms with van der Waals surface area (Å²) < 4.78 is 6.40. The molecule has 6 nitrogen and oxygen atoms in total. The summed E-state index contributed by atoms with van der Waals surface area (Å²) in [5.74, 6) is -0.460. The maximum absolute atomic E-state index is 11.5. The molecule has 0 saturated heterocycles. The number of aryl methyl sites for hydroxylation is 1. The Balaban J connectivity index is 2.11. The van der Waals surface area contributed by atoms with Crippen molar-refractivity contribution in [1.29, 1.82) is 0 Å². The van der Waals surface area contributed by atoms with Gasteiger partial charge >= 0.3 is 5.97 Å². The van der Waals surface area contributed by atoms with E-state index in [1.54, 1.807) is 29.3 Å². The van der Waals surface area contributed by atoms with Gasteiger partial charge in [0.05, 0.1) is 25.0 Å². The van der Waals surface area contributed by atoms with E-state index in [1.807, 2.05) is 19.3 Å². The number of nitrogens with zero attached hydrogens (tertiary/aromatic N) is 4. The highest BCUT2D eigenvalue weighted by Crippen LogP contribution is 2.22. The monoisotopic (exact) mass is 268 g/mol. The zero-order chi connectivity index (χ0) is 14.1. The number of aromatic nitrogens is 4. The third-order valence-corrected chi connectivity index (χ3v) is 3.00. The molecule has 0 aliphatic carbocycles. The molecule has 6 heteroatoms. The molecule has 0 fully saturated rings. The van der Waals surface area contributed by atoms with Crippen LogP contribution in [0.25, 0.3) is 22.0 Å². The molecule has 0 aliphatic rings. The zero-order valence-electron chi connectivity index (χ0n) is 11.1. The number of carbonyl (C=O) groups excluding carboxylic acids is 1. The number of pyridine rings is 2. The van der Waals surface area contributed by atoms with Gasteiger partial charge in [0.15, 0.2) is 0 Å². The Morgan fingerprint density at radius 2 is 2.00 bits per heavy atom. The van der Waals surface area contributed by atoms with Crippen LogP contribution in [-0.4, -0.2) is 32.8 Å². The number of esters is 1. The van der Waals surface area contributed by atoms with Gasteiger partial charge in [-0.1, -0.05) is 0 Å². The predicted molar refractivity (Wildman–Crippen MR) is 73.1 cm³/mol. The summed E-state index contributed by atoms with van der Waals surface area (Å²) in [6, 6.07) is 3.63. The predicted octanol–water partition coefficient (Wildman–Crippen LogP) is 1.82. The summed E-state index contributed by atoms with van der Waals surface area (Å²) >= 11 is 0. The van der Waals surface area contributed by atoms with Gasteiger partial charge in [0.25, 0.3) is 0 Å². The minimum Gasteiger partial charge on any atom is -0.464 e. The molecule has 3 aromatic heterocycles. The Morgan fingerprint density at radius 1 is 1.15 bits per heavy atom. The summed E-state index contributed by atoms with van der Waals surface area (Å²) in [5.41, 5.74) is 2.90. The summed E-state index contributed by atoms with van der Waals surface area (Å²) in [4.78, 5) is 19.9. The highest BCUT2D eigenvalue weighted by Gasteiger charge is 2.09. The van der Waals surface area contributed by atoms with Crippen LogP contribution in [0.5, 0.6) is 0 Å². The lowest BCUT2D eigenvalue weighted by Gasteiger charge is -2.03. The van der Waals surface area contributed by atoms with Gasteiger partial charge in [0.1, 0.15) is 5.69 Å². The first kappa shape index (κ1) is 12.3. The van der Waals surface area contributed by atoms with Crippen molar-refractivity contribution in [3.63, 3.8) is 0 Å². The number of fused-ring (bicyclic) bond motifs is 1. The Bertz CT molecular complexity index is 795. The van der Waals surface area contributed by atoms with Crippen molar-refractivity contribution in [3.8, 4) is 11.1 Å². The molecule has 0 radical (unpaired) electrons. The molecule has 0 aliphatic heterocycles. The highest BCUT2D eigenvalue weighted by atomic mass is 16.5. The van der Waals surface area contributed by atoms with Crippen LogP contribution in [-0.2, 0) is 11.8 Å². The smallest absolute Gasteiger partial charge is 0.356 e. The van der Waals surface area contributed by atoms with E-state index in [4.69, 9.17) is 0 Å². The van der Waals surface area contributed by atoms with Gasteiger partial charge in [-0.3, -0.25) is 9.67 Å². The van der Waals surface area contributed by atoms with Gasteiger partial charge in [-0.25, -0.2) is 9.78 Å². The fourth-order valence-electron chi connectivity index (χ4n) is 1.98. The van der Waals surface area contributed by atoms with Crippen LogP contribution >= 0.6 is 0 Å². The van der Waals surface area contributed by atoms with Crippen molar-refractivity contribution in [2.45, 2.75) is 0 Å². The Hall–Kier alpha value is -2.76. The highest BCUT2D eigenvalue weighted by molar-refractivity contribution is 5.92. The molecular formula is C14H12N4O2. The average molecular weight is 268 g/mol. The molecule has 0 N–H and O–H groups in total. The summed E-state index contributed by atoms with van der Waals surface area (Å²) in [6.45, 7) is 0. The Kier molecular flexibility index (Phi) is 2.90. The molecule has 0 bridgehead atoms. The first-order valence-corrected chi connectivity index (χ1v) is 6.00. The largest absolute Gasteiger partial charge is 0.464 e. The van der Waals surface area contributed by atoms with Gasteiger partial charge < -0.3 is 4.74 Å². The van der Waals surface area contributed by atoms with E-state index in [0.717, 1.165) is 22.0 Å². The molecule has 0 unspecified atom stereocenters. The van der Waals surface area contributed by atoms with Gasteiger partial charge in [-0.2, -0.15) is 5.10 Å². The van der Waals surface area contributed by atoms with Crippen molar-refractivity contribution < 1.29 is 9.53 Å². The number of ether oxygens (including phenoxy) is 1. The second kappa shape index (κ2) is 4.73. The minimum absolute atomic E-state index is 0.269. The normalized spacial score (nSPS) is 10.7. The van der Waals surface area contributed by atoms with E-state index in [0.29, 0.717) is 0 Å². The van der Waals surface area contributed by atoms with Crippen LogP contribution in [0.15, 0.2) is 36.9 Å². The van der Waals surface area contributed by atoms with Crippen LogP contribution in [0, 0.1) is 0 Å². The van der Waals surface area contributed by atoms with E-state index in [2.05, 4.69) is 19.8 Å². The molecule has 3 aromatic rings. The van der Waals surface area contributed by atoms with Gasteiger partial charge in [-0.05, 0) is 12.1 Å². The van der Waals surface area contributed by atoms with Crippen LogP contribution in [0.3, 0.4) is 0 Å². The fourth-order valence-corrected chi connectivity index (χ4v) is 1.98.